The molecule has 1 aromatic heterocycles. The molecule has 2 aromatic carbocycles. The summed E-state index contributed by atoms with van der Waals surface area (Å²) in [5.74, 6) is 0. The number of benzene rings is 2. The summed E-state index contributed by atoms with van der Waals surface area (Å²) in [6.45, 7) is 0. The van der Waals surface area contributed by atoms with Crippen LogP contribution in [-0.2, 0) is 4.79 Å². The molecule has 0 atom stereocenters. The van der Waals surface area contributed by atoms with Crippen molar-refractivity contribution in [1.82, 2.24) is 3.96 Å². The standard InChI is InChI=1S/C16H12N2O2S/c19-11-17-13-6-8-14(9-7-13)18-16(20)10-15(21-18)12-4-2-1-3-5-12/h1-11H,(H,17,19). The minimum atomic E-state index is -0.0602. The number of carbonyl (C=O) groups excluding carboxylic acids is 1. The van der Waals surface area contributed by atoms with Crippen molar-refractivity contribution in [2.24, 2.45) is 0 Å². The third-order valence-electron chi connectivity index (χ3n) is 3.03. The fraction of sp³-hybridized carbons (Fsp3) is 0. The van der Waals surface area contributed by atoms with Gasteiger partial charge in [-0.05, 0) is 29.8 Å². The molecule has 0 aliphatic heterocycles. The maximum atomic E-state index is 12.1. The summed E-state index contributed by atoms with van der Waals surface area (Å²) in [5.41, 5.74) is 2.44. The van der Waals surface area contributed by atoms with E-state index in [9.17, 15) is 9.59 Å². The van der Waals surface area contributed by atoms with Gasteiger partial charge in [0.2, 0.25) is 6.41 Å². The van der Waals surface area contributed by atoms with E-state index in [1.807, 2.05) is 30.3 Å². The molecule has 0 aliphatic rings. The van der Waals surface area contributed by atoms with E-state index in [1.165, 1.54) is 11.5 Å². The Bertz CT molecular complexity index is 804. The summed E-state index contributed by atoms with van der Waals surface area (Å²) < 4.78 is 1.63. The second-order valence-corrected chi connectivity index (χ2v) is 5.40. The SMILES string of the molecule is O=CNc1ccc(-n2sc(-c3ccccc3)cc2=O)cc1. The highest BCUT2D eigenvalue weighted by Crippen LogP contribution is 2.24. The molecule has 0 bridgehead atoms. The Hall–Kier alpha value is -2.66. The van der Waals surface area contributed by atoms with Gasteiger partial charge in [-0.3, -0.25) is 9.59 Å². The minimum Gasteiger partial charge on any atom is -0.329 e. The van der Waals surface area contributed by atoms with Gasteiger partial charge in [0.25, 0.3) is 5.56 Å². The van der Waals surface area contributed by atoms with Crippen LogP contribution in [0.15, 0.2) is 65.5 Å². The van der Waals surface area contributed by atoms with Crippen LogP contribution in [0, 0.1) is 0 Å². The van der Waals surface area contributed by atoms with E-state index < -0.39 is 0 Å². The highest BCUT2D eigenvalue weighted by molar-refractivity contribution is 7.10. The Morgan fingerprint density at radius 3 is 2.38 bits per heavy atom. The zero-order valence-corrected chi connectivity index (χ0v) is 11.8. The van der Waals surface area contributed by atoms with Gasteiger partial charge in [0.1, 0.15) is 0 Å². The molecule has 3 aromatic rings. The Morgan fingerprint density at radius 1 is 1.00 bits per heavy atom. The number of amides is 1. The van der Waals surface area contributed by atoms with Crippen molar-refractivity contribution in [3.8, 4) is 16.1 Å². The van der Waals surface area contributed by atoms with Crippen LogP contribution in [0.25, 0.3) is 16.1 Å². The Morgan fingerprint density at radius 2 is 1.71 bits per heavy atom. The van der Waals surface area contributed by atoms with Crippen LogP contribution in [0.4, 0.5) is 5.69 Å². The minimum absolute atomic E-state index is 0.0602. The van der Waals surface area contributed by atoms with Crippen molar-refractivity contribution in [1.29, 1.82) is 0 Å². The first kappa shape index (κ1) is 13.3. The van der Waals surface area contributed by atoms with Crippen LogP contribution in [0.5, 0.6) is 0 Å². The van der Waals surface area contributed by atoms with Gasteiger partial charge in [-0.25, -0.2) is 3.96 Å². The smallest absolute Gasteiger partial charge is 0.265 e. The lowest BCUT2D eigenvalue weighted by molar-refractivity contribution is -0.105. The van der Waals surface area contributed by atoms with Crippen LogP contribution >= 0.6 is 11.5 Å². The van der Waals surface area contributed by atoms with Gasteiger partial charge in [-0.2, -0.15) is 0 Å². The number of aromatic nitrogens is 1. The predicted molar refractivity (Wildman–Crippen MR) is 85.0 cm³/mol. The van der Waals surface area contributed by atoms with Crippen LogP contribution < -0.4 is 10.9 Å². The van der Waals surface area contributed by atoms with Crippen molar-refractivity contribution in [2.75, 3.05) is 5.32 Å². The van der Waals surface area contributed by atoms with Crippen LogP contribution in [0.1, 0.15) is 0 Å². The average molecular weight is 296 g/mol. The van der Waals surface area contributed by atoms with E-state index in [0.717, 1.165) is 16.1 Å². The summed E-state index contributed by atoms with van der Waals surface area (Å²) in [6, 6.07) is 18.6. The number of anilines is 1. The number of hydrogen-bond acceptors (Lipinski definition) is 3. The Kier molecular flexibility index (Phi) is 3.66. The molecule has 1 amide bonds. The molecule has 0 radical (unpaired) electrons. The first-order chi connectivity index (χ1) is 10.3. The van der Waals surface area contributed by atoms with Gasteiger partial charge >= 0.3 is 0 Å². The van der Waals surface area contributed by atoms with Gasteiger partial charge in [-0.15, -0.1) is 0 Å². The van der Waals surface area contributed by atoms with E-state index in [2.05, 4.69) is 5.32 Å². The number of nitrogens with zero attached hydrogens (tertiary/aromatic N) is 1. The molecule has 104 valence electrons. The summed E-state index contributed by atoms with van der Waals surface area (Å²) >= 11 is 1.40. The second-order valence-electron chi connectivity index (χ2n) is 4.41. The molecule has 5 heteroatoms. The maximum absolute atomic E-state index is 12.1. The Balaban J connectivity index is 1.98. The third-order valence-corrected chi connectivity index (χ3v) is 4.15. The zero-order valence-electron chi connectivity index (χ0n) is 11.0. The molecule has 3 rings (SSSR count). The summed E-state index contributed by atoms with van der Waals surface area (Å²) in [5, 5.41) is 2.57. The summed E-state index contributed by atoms with van der Waals surface area (Å²) in [4.78, 5) is 23.4. The molecule has 0 saturated carbocycles. The van der Waals surface area contributed by atoms with Gasteiger partial charge in [-0.1, -0.05) is 41.9 Å². The van der Waals surface area contributed by atoms with Gasteiger partial charge in [0.15, 0.2) is 0 Å². The fourth-order valence-electron chi connectivity index (χ4n) is 2.02. The molecule has 21 heavy (non-hydrogen) atoms. The summed E-state index contributed by atoms with van der Waals surface area (Å²) in [6.07, 6.45) is 0.625. The monoisotopic (exact) mass is 296 g/mol. The predicted octanol–water partition coefficient (Wildman–Crippen LogP) is 3.13. The highest BCUT2D eigenvalue weighted by atomic mass is 32.1. The Labute approximate surface area is 125 Å². The quantitative estimate of drug-likeness (QED) is 0.752. The first-order valence-corrected chi connectivity index (χ1v) is 7.15. The number of nitrogens with one attached hydrogen (secondary N) is 1. The lowest BCUT2D eigenvalue weighted by Gasteiger charge is -2.02. The molecule has 1 N–H and O–H groups in total. The largest absolute Gasteiger partial charge is 0.329 e. The molecular formula is C16H12N2O2S. The van der Waals surface area contributed by atoms with Crippen molar-refractivity contribution in [2.45, 2.75) is 0 Å². The van der Waals surface area contributed by atoms with Crippen LogP contribution in [-0.4, -0.2) is 10.4 Å². The maximum Gasteiger partial charge on any atom is 0.265 e. The summed E-state index contributed by atoms with van der Waals surface area (Å²) in [7, 11) is 0. The van der Waals surface area contributed by atoms with Crippen LogP contribution in [0.2, 0.25) is 0 Å². The first-order valence-electron chi connectivity index (χ1n) is 6.37. The topological polar surface area (TPSA) is 51.1 Å². The van der Waals surface area contributed by atoms with Gasteiger partial charge in [0, 0.05) is 11.8 Å². The van der Waals surface area contributed by atoms with Crippen molar-refractivity contribution >= 4 is 23.6 Å². The fourth-order valence-corrected chi connectivity index (χ4v) is 2.98. The molecule has 0 aliphatic carbocycles. The molecule has 0 spiro atoms. The normalized spacial score (nSPS) is 10.3. The molecule has 1 heterocycles. The number of rotatable bonds is 4. The molecule has 0 fully saturated rings. The van der Waals surface area contributed by atoms with E-state index >= 15 is 0 Å². The van der Waals surface area contributed by atoms with E-state index in [-0.39, 0.29) is 5.56 Å². The van der Waals surface area contributed by atoms with Gasteiger partial charge in [0.05, 0.1) is 10.6 Å². The molecular weight excluding hydrogens is 284 g/mol. The molecule has 0 saturated heterocycles. The van der Waals surface area contributed by atoms with E-state index in [0.29, 0.717) is 12.1 Å². The van der Waals surface area contributed by atoms with E-state index in [4.69, 9.17) is 0 Å². The van der Waals surface area contributed by atoms with Gasteiger partial charge < -0.3 is 5.32 Å². The van der Waals surface area contributed by atoms with Crippen LogP contribution in [0.3, 0.4) is 0 Å². The van der Waals surface area contributed by atoms with Crippen molar-refractivity contribution in [3.63, 3.8) is 0 Å². The van der Waals surface area contributed by atoms with Crippen molar-refractivity contribution < 1.29 is 4.79 Å². The number of hydrogen-bond donors (Lipinski definition) is 1. The zero-order chi connectivity index (χ0) is 14.7. The molecule has 0 unspecified atom stereocenters. The average Bonchev–Trinajstić information content (AvgIpc) is 2.91. The lowest BCUT2D eigenvalue weighted by Crippen LogP contribution is -2.09. The third kappa shape index (κ3) is 2.78. The molecule has 4 nitrogen and oxygen atoms in total. The second kappa shape index (κ2) is 5.76. The lowest BCUT2D eigenvalue weighted by atomic mass is 10.2. The van der Waals surface area contributed by atoms with E-state index in [1.54, 1.807) is 34.3 Å². The van der Waals surface area contributed by atoms with Crippen molar-refractivity contribution in [3.05, 3.63) is 71.0 Å². The number of carbonyl (C=O) groups is 1. The highest BCUT2D eigenvalue weighted by Gasteiger charge is 2.07.